The van der Waals surface area contributed by atoms with E-state index >= 15 is 0 Å². The van der Waals surface area contributed by atoms with E-state index in [9.17, 15) is 16.8 Å². The van der Waals surface area contributed by atoms with Crippen LogP contribution in [-0.4, -0.2) is 44.0 Å². The predicted octanol–water partition coefficient (Wildman–Crippen LogP) is 7.19. The maximum atomic E-state index is 11.1. The summed E-state index contributed by atoms with van der Waals surface area (Å²) in [7, 11) is -7.91. The van der Waals surface area contributed by atoms with Gasteiger partial charge in [-0.15, -0.1) is 11.3 Å². The first kappa shape index (κ1) is 30.5. The molecule has 7 nitrogen and oxygen atoms in total. The molecule has 11 heteroatoms. The number of para-hydroxylation sites is 1. The Morgan fingerprint density at radius 2 is 1.57 bits per heavy atom. The number of hydrogen-bond donors (Lipinski definition) is 2. The van der Waals surface area contributed by atoms with Crippen LogP contribution in [0.4, 0.5) is 5.69 Å². The molecule has 0 saturated carbocycles. The predicted molar refractivity (Wildman–Crippen MR) is 167 cm³/mol. The lowest BCUT2D eigenvalue weighted by atomic mass is 10.0. The number of allylic oxidation sites excluding steroid dienone is 4. The minimum Gasteiger partial charge on any atom is -0.335 e. The first-order valence-electron chi connectivity index (χ1n) is 13.0. The second-order valence-electron chi connectivity index (χ2n) is 9.65. The number of nitrogens with zero attached hydrogens (tertiary/aromatic N) is 1. The van der Waals surface area contributed by atoms with Crippen LogP contribution in [0.5, 0.6) is 0 Å². The topological polar surface area (TPSA) is 112 Å². The fourth-order valence-corrected chi connectivity index (χ4v) is 7.91. The van der Waals surface area contributed by atoms with Crippen molar-refractivity contribution in [3.05, 3.63) is 87.8 Å². The third-order valence-corrected chi connectivity index (χ3v) is 10.4. The molecule has 3 aromatic rings. The van der Waals surface area contributed by atoms with Gasteiger partial charge in [0.05, 0.1) is 22.2 Å². The molecule has 0 amide bonds. The number of rotatable bonds is 13. The smallest absolute Gasteiger partial charge is 0.264 e. The van der Waals surface area contributed by atoms with Crippen LogP contribution in [-0.2, 0) is 26.7 Å². The number of benzene rings is 2. The summed E-state index contributed by atoms with van der Waals surface area (Å²) in [6.07, 6.45) is 11.2. The van der Waals surface area contributed by atoms with Crippen molar-refractivity contribution in [2.24, 2.45) is 0 Å². The van der Waals surface area contributed by atoms with Gasteiger partial charge in [0.15, 0.2) is 0 Å². The van der Waals surface area contributed by atoms with Crippen LogP contribution in [0.3, 0.4) is 0 Å². The lowest BCUT2D eigenvalue weighted by Gasteiger charge is -2.20. The number of fused-ring (bicyclic) bond motifs is 2. The number of anilines is 1. The van der Waals surface area contributed by atoms with Crippen LogP contribution >= 0.6 is 23.1 Å². The van der Waals surface area contributed by atoms with Gasteiger partial charge in [0, 0.05) is 21.0 Å². The van der Waals surface area contributed by atoms with E-state index < -0.39 is 20.2 Å². The highest BCUT2D eigenvalue weighted by molar-refractivity contribution is 8.03. The van der Waals surface area contributed by atoms with Crippen molar-refractivity contribution in [1.29, 1.82) is 0 Å². The average molecular weight is 620 g/mol. The Kier molecular flexibility index (Phi) is 10.3. The van der Waals surface area contributed by atoms with Crippen molar-refractivity contribution in [3.63, 3.8) is 0 Å². The van der Waals surface area contributed by atoms with E-state index in [0.717, 1.165) is 32.5 Å². The quantitative estimate of drug-likeness (QED) is 0.117. The molecular weight excluding hydrogens is 587 g/mol. The van der Waals surface area contributed by atoms with Crippen LogP contribution in [0, 0.1) is 0 Å². The molecule has 0 spiro atoms. The highest BCUT2D eigenvalue weighted by Gasteiger charge is 2.24. The van der Waals surface area contributed by atoms with Gasteiger partial charge in [-0.2, -0.15) is 16.8 Å². The van der Waals surface area contributed by atoms with Gasteiger partial charge in [-0.3, -0.25) is 9.11 Å². The molecule has 0 aliphatic carbocycles. The minimum atomic E-state index is -3.96. The highest BCUT2D eigenvalue weighted by Crippen LogP contribution is 2.46. The molecule has 214 valence electrons. The fraction of sp³-hybridized carbons (Fsp3) is 0.310. The summed E-state index contributed by atoms with van der Waals surface area (Å²) in [4.78, 5) is 4.47. The molecule has 0 atom stereocenters. The molecule has 2 heterocycles. The van der Waals surface area contributed by atoms with E-state index in [-0.39, 0.29) is 11.5 Å². The average Bonchev–Trinajstić information content (AvgIpc) is 3.43. The third kappa shape index (κ3) is 8.79. The number of thiophene rings is 1. The van der Waals surface area contributed by atoms with E-state index in [4.69, 9.17) is 9.11 Å². The summed E-state index contributed by atoms with van der Waals surface area (Å²) in [5.41, 5.74) is 3.34. The summed E-state index contributed by atoms with van der Waals surface area (Å²) in [5.74, 6) is -0.463. The molecule has 2 N–H and O–H groups in total. The van der Waals surface area contributed by atoms with Crippen LogP contribution in [0.15, 0.2) is 82.3 Å². The Morgan fingerprint density at radius 1 is 0.900 bits per heavy atom. The van der Waals surface area contributed by atoms with E-state index in [1.54, 1.807) is 23.1 Å². The summed E-state index contributed by atoms with van der Waals surface area (Å²) < 4.78 is 63.6. The molecular formula is C29H33NO6S4. The summed E-state index contributed by atoms with van der Waals surface area (Å²) in [6, 6.07) is 16.3. The monoisotopic (exact) mass is 619 g/mol. The molecule has 0 fully saturated rings. The van der Waals surface area contributed by atoms with Gasteiger partial charge >= 0.3 is 0 Å². The Bertz CT molecular complexity index is 1650. The second-order valence-corrected chi connectivity index (χ2v) is 14.9. The standard InChI is InChI=1S/C29H33NO6S4/c1-22(15-17-27-24(11-6-8-20-39(31,32)33)23-10-2-4-13-26(23)37-27)16-18-29-30(19-7-9-21-40(34,35)36)25-12-3-5-14-28(25)38-29/h2-5,10,12-18H,6-9,11,19-21H2,1H3,(H,31,32,33)(H,34,35,36)/b17-15+,22-16+,29-18-. The second kappa shape index (κ2) is 13.5. The van der Waals surface area contributed by atoms with Crippen molar-refractivity contribution in [3.8, 4) is 0 Å². The van der Waals surface area contributed by atoms with Crippen molar-refractivity contribution < 1.29 is 25.9 Å². The van der Waals surface area contributed by atoms with E-state index in [1.165, 1.54) is 15.6 Å². The first-order chi connectivity index (χ1) is 19.0. The molecule has 1 aliphatic heterocycles. The number of hydrogen-bond acceptors (Lipinski definition) is 7. The molecule has 0 saturated heterocycles. The summed E-state index contributed by atoms with van der Waals surface area (Å²) in [6.45, 7) is 2.69. The van der Waals surface area contributed by atoms with Gasteiger partial charge in [-0.05, 0) is 80.3 Å². The van der Waals surface area contributed by atoms with Gasteiger partial charge in [0.1, 0.15) is 0 Å². The zero-order valence-electron chi connectivity index (χ0n) is 22.2. The SMILES string of the molecule is CC(/C=C/c1sc2ccccc2c1CCCCS(=O)(=O)O)=C\C=C1/Sc2ccccc2N1CCCCS(=O)(=O)O. The molecule has 0 unspecified atom stereocenters. The Labute approximate surface area is 244 Å². The fourth-order valence-electron chi connectivity index (χ4n) is 4.52. The Morgan fingerprint density at radius 3 is 2.33 bits per heavy atom. The molecule has 0 radical (unpaired) electrons. The van der Waals surface area contributed by atoms with E-state index in [1.807, 2.05) is 31.2 Å². The number of aryl methyl sites for hydroxylation is 1. The molecule has 40 heavy (non-hydrogen) atoms. The first-order valence-corrected chi connectivity index (χ1v) is 17.9. The number of thioether (sulfide) groups is 1. The minimum absolute atomic E-state index is 0.226. The largest absolute Gasteiger partial charge is 0.335 e. The van der Waals surface area contributed by atoms with Crippen molar-refractivity contribution in [2.45, 2.75) is 43.9 Å². The number of unbranched alkanes of at least 4 members (excludes halogenated alkanes) is 2. The van der Waals surface area contributed by atoms with Gasteiger partial charge in [0.2, 0.25) is 0 Å². The maximum Gasteiger partial charge on any atom is 0.264 e. The lowest BCUT2D eigenvalue weighted by molar-refractivity contribution is 0.478. The normalized spacial score (nSPS) is 15.5. The van der Waals surface area contributed by atoms with E-state index in [0.29, 0.717) is 32.2 Å². The molecule has 0 bridgehead atoms. The summed E-state index contributed by atoms with van der Waals surface area (Å²) >= 11 is 3.38. The highest BCUT2D eigenvalue weighted by atomic mass is 32.2. The van der Waals surface area contributed by atoms with E-state index in [2.05, 4.69) is 53.5 Å². The maximum absolute atomic E-state index is 11.1. The molecule has 1 aliphatic rings. The lowest BCUT2D eigenvalue weighted by Crippen LogP contribution is -2.19. The van der Waals surface area contributed by atoms with Gasteiger partial charge in [-0.1, -0.05) is 59.8 Å². The summed E-state index contributed by atoms with van der Waals surface area (Å²) in [5, 5.41) is 2.23. The molecule has 4 rings (SSSR count). The zero-order valence-corrected chi connectivity index (χ0v) is 25.5. The third-order valence-electron chi connectivity index (χ3n) is 6.47. The van der Waals surface area contributed by atoms with Crippen molar-refractivity contribution in [1.82, 2.24) is 0 Å². The Balaban J connectivity index is 1.49. The van der Waals surface area contributed by atoms with Gasteiger partial charge < -0.3 is 4.90 Å². The van der Waals surface area contributed by atoms with Crippen LogP contribution in [0.25, 0.3) is 16.2 Å². The van der Waals surface area contributed by atoms with Gasteiger partial charge in [0.25, 0.3) is 20.2 Å². The van der Waals surface area contributed by atoms with Gasteiger partial charge in [-0.25, -0.2) is 0 Å². The van der Waals surface area contributed by atoms with Crippen LogP contribution < -0.4 is 4.90 Å². The van der Waals surface area contributed by atoms with Crippen LogP contribution in [0.2, 0.25) is 0 Å². The Hall–Kier alpha value is -2.41. The van der Waals surface area contributed by atoms with Crippen molar-refractivity contribution >= 4 is 65.2 Å². The van der Waals surface area contributed by atoms with Crippen LogP contribution in [0.1, 0.15) is 43.0 Å². The molecule has 1 aromatic heterocycles. The zero-order chi connectivity index (χ0) is 28.8. The molecule has 2 aromatic carbocycles. The van der Waals surface area contributed by atoms with Crippen molar-refractivity contribution in [2.75, 3.05) is 23.0 Å².